The number of ketones is 1. The molecule has 2 aliphatic rings. The van der Waals surface area contributed by atoms with Crippen LogP contribution in [-0.2, 0) is 24.0 Å². The molecule has 9 heteroatoms. The zero-order chi connectivity index (χ0) is 25.4. The minimum absolute atomic E-state index is 0.0542. The van der Waals surface area contributed by atoms with E-state index in [-0.39, 0.29) is 12.5 Å². The van der Waals surface area contributed by atoms with Crippen LogP contribution >= 0.6 is 11.6 Å². The molecule has 2 aromatic rings. The number of epoxide rings is 1. The normalized spacial score (nSPS) is 21.0. The number of ether oxygens (including phenoxy) is 1. The van der Waals surface area contributed by atoms with E-state index >= 15 is 0 Å². The molecule has 1 aliphatic carbocycles. The van der Waals surface area contributed by atoms with Crippen LogP contribution in [0.15, 0.2) is 48.5 Å². The molecule has 0 radical (unpaired) electrons. The van der Waals surface area contributed by atoms with Crippen molar-refractivity contribution < 1.29 is 29.3 Å². The molecule has 3 atom stereocenters. The molecule has 2 amide bonds. The van der Waals surface area contributed by atoms with Gasteiger partial charge in [-0.25, -0.2) is 0 Å². The van der Waals surface area contributed by atoms with Gasteiger partial charge >= 0.3 is 0 Å². The number of fused-ring (bicyclic) bond motifs is 3. The predicted molar refractivity (Wildman–Crippen MR) is 130 cm³/mol. The van der Waals surface area contributed by atoms with Crippen LogP contribution in [0.3, 0.4) is 0 Å². The third kappa shape index (κ3) is 4.47. The van der Waals surface area contributed by atoms with E-state index in [1.165, 1.54) is 0 Å². The van der Waals surface area contributed by atoms with Crippen molar-refractivity contribution in [2.45, 2.75) is 42.8 Å². The Bertz CT molecular complexity index is 1100. The molecule has 1 aliphatic heterocycles. The molecule has 0 bridgehead atoms. The molecule has 0 aromatic heterocycles. The van der Waals surface area contributed by atoms with Gasteiger partial charge in [0.1, 0.15) is 6.04 Å². The van der Waals surface area contributed by atoms with Crippen LogP contribution in [0.4, 0.5) is 0 Å². The molecule has 35 heavy (non-hydrogen) atoms. The summed E-state index contributed by atoms with van der Waals surface area (Å²) in [7, 11) is 0. The average molecular weight is 501 g/mol. The Morgan fingerprint density at radius 2 is 1.51 bits per heavy atom. The molecule has 4 N–H and O–H groups in total. The first kappa shape index (κ1) is 25.3. The zero-order valence-electron chi connectivity index (χ0n) is 19.6. The van der Waals surface area contributed by atoms with Crippen LogP contribution in [-0.4, -0.2) is 65.3 Å². The second kappa shape index (κ2) is 9.70. The molecule has 0 spiro atoms. The van der Waals surface area contributed by atoms with Crippen LogP contribution in [0.1, 0.15) is 31.4 Å². The molecule has 1 saturated heterocycles. The number of rotatable bonds is 10. The van der Waals surface area contributed by atoms with Crippen LogP contribution in [0, 0.1) is 5.92 Å². The van der Waals surface area contributed by atoms with E-state index in [2.05, 4.69) is 10.6 Å². The van der Waals surface area contributed by atoms with E-state index in [0.717, 1.165) is 11.1 Å². The van der Waals surface area contributed by atoms with Crippen molar-refractivity contribution in [2.24, 2.45) is 5.92 Å². The highest BCUT2D eigenvalue weighted by atomic mass is 35.5. The number of hydrogen-bond donors (Lipinski definition) is 4. The van der Waals surface area contributed by atoms with Gasteiger partial charge in [0.05, 0.1) is 25.9 Å². The molecule has 186 valence electrons. The molecule has 8 nitrogen and oxygen atoms in total. The van der Waals surface area contributed by atoms with Gasteiger partial charge in [-0.1, -0.05) is 74.0 Å². The highest BCUT2D eigenvalue weighted by Crippen LogP contribution is 2.51. The SMILES string of the molecule is CC(C)CC(NC(=O)[C@H](CO)NC(=O)C1(Cl)c2ccccc2-c2ccccc21)C(=O)C1(CO)CO1. The largest absolute Gasteiger partial charge is 0.394 e. The van der Waals surface area contributed by atoms with E-state index < -0.39 is 53.4 Å². The van der Waals surface area contributed by atoms with Gasteiger partial charge in [0.25, 0.3) is 5.91 Å². The highest BCUT2D eigenvalue weighted by Gasteiger charge is 2.54. The van der Waals surface area contributed by atoms with Crippen LogP contribution in [0.5, 0.6) is 0 Å². The summed E-state index contributed by atoms with van der Waals surface area (Å²) in [6.07, 6.45) is 0.308. The van der Waals surface area contributed by atoms with Gasteiger partial charge in [0.2, 0.25) is 5.91 Å². The Morgan fingerprint density at radius 1 is 0.971 bits per heavy atom. The summed E-state index contributed by atoms with van der Waals surface area (Å²) >= 11 is 6.98. The number of halogens is 1. The minimum atomic E-state index is -1.59. The van der Waals surface area contributed by atoms with Crippen molar-refractivity contribution in [1.82, 2.24) is 10.6 Å². The summed E-state index contributed by atoms with van der Waals surface area (Å²) in [5, 5.41) is 24.7. The van der Waals surface area contributed by atoms with E-state index in [4.69, 9.17) is 16.3 Å². The first-order chi connectivity index (χ1) is 16.7. The number of alkyl halides is 1. The number of aliphatic hydroxyl groups excluding tert-OH is 2. The lowest BCUT2D eigenvalue weighted by molar-refractivity contribution is -0.135. The van der Waals surface area contributed by atoms with Crippen molar-refractivity contribution in [1.29, 1.82) is 0 Å². The molecule has 4 rings (SSSR count). The smallest absolute Gasteiger partial charge is 0.251 e. The lowest BCUT2D eigenvalue weighted by Gasteiger charge is -2.28. The average Bonchev–Trinajstić information content (AvgIpc) is 3.62. The van der Waals surface area contributed by atoms with Gasteiger partial charge in [0, 0.05) is 0 Å². The Balaban J connectivity index is 1.55. The molecule has 2 aromatic carbocycles. The fourth-order valence-electron chi connectivity index (χ4n) is 4.57. The quantitative estimate of drug-likeness (QED) is 0.289. The van der Waals surface area contributed by atoms with Crippen LogP contribution < -0.4 is 10.6 Å². The van der Waals surface area contributed by atoms with Gasteiger partial charge in [-0.15, -0.1) is 0 Å². The van der Waals surface area contributed by atoms with E-state index in [0.29, 0.717) is 17.5 Å². The van der Waals surface area contributed by atoms with Gasteiger partial charge in [-0.3, -0.25) is 14.4 Å². The van der Waals surface area contributed by atoms with E-state index in [9.17, 15) is 24.6 Å². The maximum Gasteiger partial charge on any atom is 0.251 e. The molecule has 1 heterocycles. The number of aliphatic hydroxyl groups is 2. The minimum Gasteiger partial charge on any atom is -0.394 e. The maximum absolute atomic E-state index is 13.5. The van der Waals surface area contributed by atoms with Gasteiger partial charge in [0.15, 0.2) is 16.3 Å². The summed E-state index contributed by atoms with van der Waals surface area (Å²) in [5.41, 5.74) is 1.50. The second-order valence-corrected chi connectivity index (χ2v) is 10.0. The predicted octanol–water partition coefficient (Wildman–Crippen LogP) is 1.49. The Kier molecular flexibility index (Phi) is 7.02. The molecular weight excluding hydrogens is 472 g/mol. The van der Waals surface area contributed by atoms with Crippen LogP contribution in [0.25, 0.3) is 11.1 Å². The fraction of sp³-hybridized carbons (Fsp3) is 0.423. The zero-order valence-corrected chi connectivity index (χ0v) is 20.3. The number of carbonyl (C=O) groups is 3. The van der Waals surface area contributed by atoms with Crippen molar-refractivity contribution in [3.63, 3.8) is 0 Å². The molecule has 2 unspecified atom stereocenters. The van der Waals surface area contributed by atoms with Crippen molar-refractivity contribution in [2.75, 3.05) is 19.8 Å². The third-order valence-electron chi connectivity index (χ3n) is 6.54. The van der Waals surface area contributed by atoms with Crippen molar-refractivity contribution >= 4 is 29.2 Å². The van der Waals surface area contributed by atoms with E-state index in [1.807, 2.05) is 38.1 Å². The summed E-state index contributed by atoms with van der Waals surface area (Å²) in [6, 6.07) is 12.3. The number of amides is 2. The standard InChI is InChI=1S/C26H29ClN2O6/c1-15(2)11-20(22(32)25(13-31)14-35-25)28-23(33)21(12-30)29-24(34)26(27)18-9-5-3-7-16(18)17-8-4-6-10-19(17)26/h3-10,15,20-21,30-31H,11-14H2,1-2H3,(H,28,33)(H,29,34)/t20?,21-,25?/m0/s1. The molecule has 1 fully saturated rings. The van der Waals surface area contributed by atoms with Crippen molar-refractivity contribution in [3.05, 3.63) is 59.7 Å². The topological polar surface area (TPSA) is 128 Å². The number of carbonyl (C=O) groups excluding carboxylic acids is 3. The Hall–Kier alpha value is -2.78. The number of hydrogen-bond acceptors (Lipinski definition) is 6. The summed E-state index contributed by atoms with van der Waals surface area (Å²) in [6.45, 7) is 2.69. The number of benzene rings is 2. The van der Waals surface area contributed by atoms with E-state index in [1.54, 1.807) is 24.3 Å². The first-order valence-corrected chi connectivity index (χ1v) is 12.0. The Labute approximate surface area is 208 Å². The summed E-state index contributed by atoms with van der Waals surface area (Å²) < 4.78 is 5.16. The lowest BCUT2D eigenvalue weighted by Crippen LogP contribution is -2.57. The third-order valence-corrected chi connectivity index (χ3v) is 7.12. The van der Waals surface area contributed by atoms with Crippen LogP contribution in [0.2, 0.25) is 0 Å². The van der Waals surface area contributed by atoms with Gasteiger partial charge < -0.3 is 25.6 Å². The lowest BCUT2D eigenvalue weighted by atomic mass is 9.92. The first-order valence-electron chi connectivity index (χ1n) is 11.6. The maximum atomic E-state index is 13.5. The highest BCUT2D eigenvalue weighted by molar-refractivity contribution is 6.39. The fourth-order valence-corrected chi connectivity index (χ4v) is 4.95. The second-order valence-electron chi connectivity index (χ2n) is 9.45. The van der Waals surface area contributed by atoms with Gasteiger partial charge in [-0.05, 0) is 34.6 Å². The molecule has 0 saturated carbocycles. The Morgan fingerprint density at radius 3 is 1.97 bits per heavy atom. The molecular formula is C26H29ClN2O6. The van der Waals surface area contributed by atoms with Gasteiger partial charge in [-0.2, -0.15) is 0 Å². The summed E-state index contributed by atoms with van der Waals surface area (Å²) in [4.78, 5) is 37.9. The number of nitrogens with one attached hydrogen (secondary N) is 2. The monoisotopic (exact) mass is 500 g/mol. The summed E-state index contributed by atoms with van der Waals surface area (Å²) in [5.74, 6) is -1.76. The number of Topliss-reactive ketones (excluding diaryl/α,β-unsaturated/α-hetero) is 1. The van der Waals surface area contributed by atoms with Crippen molar-refractivity contribution in [3.8, 4) is 11.1 Å².